The Morgan fingerprint density at radius 1 is 1.28 bits per heavy atom. The molecule has 2 aromatic rings. The summed E-state index contributed by atoms with van der Waals surface area (Å²) in [6.45, 7) is 2.21. The van der Waals surface area contributed by atoms with Gasteiger partial charge in [-0.25, -0.2) is 0 Å². The predicted octanol–water partition coefficient (Wildman–Crippen LogP) is 4.21. The largest absolute Gasteiger partial charge is 0.312 e. The van der Waals surface area contributed by atoms with Gasteiger partial charge in [0.1, 0.15) is 0 Å². The van der Waals surface area contributed by atoms with E-state index in [0.29, 0.717) is 12.0 Å². The lowest BCUT2D eigenvalue weighted by molar-refractivity contribution is 0.521. The zero-order chi connectivity index (χ0) is 12.5. The maximum absolute atomic E-state index is 3.53. The molecule has 2 heterocycles. The number of benzene rings is 1. The lowest BCUT2D eigenvalue weighted by Gasteiger charge is -2.23. The molecule has 1 nitrogen and oxygen atoms in total. The zero-order valence-corrected chi connectivity index (χ0v) is 12.3. The van der Waals surface area contributed by atoms with Crippen LogP contribution < -0.4 is 5.32 Å². The summed E-state index contributed by atoms with van der Waals surface area (Å²) in [5, 5.41) is 5.72. The van der Waals surface area contributed by atoms with E-state index in [0.717, 1.165) is 0 Å². The van der Waals surface area contributed by atoms with E-state index in [4.69, 9.17) is 0 Å². The van der Waals surface area contributed by atoms with Crippen LogP contribution in [-0.4, -0.2) is 12.8 Å². The van der Waals surface area contributed by atoms with Crippen LogP contribution in [0.15, 0.2) is 40.6 Å². The van der Waals surface area contributed by atoms with Crippen molar-refractivity contribution < 1.29 is 0 Å². The Kier molecular flexibility index (Phi) is 3.46. The van der Waals surface area contributed by atoms with E-state index in [1.807, 2.05) is 23.1 Å². The number of thiophene rings is 1. The van der Waals surface area contributed by atoms with Gasteiger partial charge in [-0.2, -0.15) is 0 Å². The predicted molar refractivity (Wildman–Crippen MR) is 80.8 cm³/mol. The highest BCUT2D eigenvalue weighted by atomic mass is 32.2. The minimum Gasteiger partial charge on any atom is -0.312 e. The fourth-order valence-corrected chi connectivity index (χ4v) is 5.07. The Morgan fingerprint density at radius 2 is 2.11 bits per heavy atom. The molecule has 0 aliphatic carbocycles. The number of nitrogens with one attached hydrogen (secondary N) is 1. The van der Waals surface area contributed by atoms with Crippen molar-refractivity contribution in [2.45, 2.75) is 23.8 Å². The van der Waals surface area contributed by atoms with Crippen LogP contribution >= 0.6 is 23.1 Å². The average Bonchev–Trinajstić information content (AvgIpc) is 2.99. The third-order valence-electron chi connectivity index (χ3n) is 3.63. The van der Waals surface area contributed by atoms with Crippen LogP contribution in [0.5, 0.6) is 0 Å². The van der Waals surface area contributed by atoms with Gasteiger partial charge in [0.2, 0.25) is 0 Å². The number of thioether (sulfide) groups is 1. The molecule has 0 spiro atoms. The van der Waals surface area contributed by atoms with Gasteiger partial charge in [-0.05, 0) is 42.6 Å². The van der Waals surface area contributed by atoms with Crippen molar-refractivity contribution in [2.75, 3.05) is 12.8 Å². The highest BCUT2D eigenvalue weighted by Gasteiger charge is 2.31. The third kappa shape index (κ3) is 2.00. The van der Waals surface area contributed by atoms with E-state index in [2.05, 4.69) is 55.0 Å². The zero-order valence-electron chi connectivity index (χ0n) is 10.6. The molecule has 1 aliphatic heterocycles. The van der Waals surface area contributed by atoms with Crippen LogP contribution in [0, 0.1) is 6.92 Å². The van der Waals surface area contributed by atoms with Crippen molar-refractivity contribution in [2.24, 2.45) is 0 Å². The highest BCUT2D eigenvalue weighted by molar-refractivity contribution is 7.99. The summed E-state index contributed by atoms with van der Waals surface area (Å²) in [7, 11) is 2.08. The summed E-state index contributed by atoms with van der Waals surface area (Å²) in [4.78, 5) is 2.94. The van der Waals surface area contributed by atoms with Crippen LogP contribution in [0.1, 0.15) is 28.0 Å². The fraction of sp³-hybridized carbons (Fsp3) is 0.333. The molecule has 1 aromatic heterocycles. The molecule has 0 saturated carbocycles. The van der Waals surface area contributed by atoms with E-state index in [1.165, 1.54) is 26.7 Å². The number of rotatable bonds is 3. The lowest BCUT2D eigenvalue weighted by Crippen LogP contribution is -2.23. The standard InChI is InChI=1S/C15H17NS2/c1-10-7-8-17-15(10)14(16-2)12-9-18-13-6-4-3-5-11(12)13/h3-8,12,14,16H,9H2,1-2H3. The molecule has 1 N–H and O–H groups in total. The quantitative estimate of drug-likeness (QED) is 0.900. The van der Waals surface area contributed by atoms with Crippen molar-refractivity contribution in [1.29, 1.82) is 0 Å². The van der Waals surface area contributed by atoms with Gasteiger partial charge in [-0.1, -0.05) is 18.2 Å². The lowest BCUT2D eigenvalue weighted by atomic mass is 9.91. The highest BCUT2D eigenvalue weighted by Crippen LogP contribution is 2.46. The molecule has 0 saturated heterocycles. The van der Waals surface area contributed by atoms with Gasteiger partial charge in [-0.15, -0.1) is 23.1 Å². The smallest absolute Gasteiger partial charge is 0.0493 e. The molecule has 2 atom stereocenters. The topological polar surface area (TPSA) is 12.0 Å². The van der Waals surface area contributed by atoms with Gasteiger partial charge in [0, 0.05) is 27.5 Å². The summed E-state index contributed by atoms with van der Waals surface area (Å²) >= 11 is 3.86. The number of hydrogen-bond acceptors (Lipinski definition) is 3. The molecule has 94 valence electrons. The Bertz CT molecular complexity index is 547. The summed E-state index contributed by atoms with van der Waals surface area (Å²) in [6.07, 6.45) is 0. The van der Waals surface area contributed by atoms with Crippen LogP contribution in [0.2, 0.25) is 0 Å². The molecule has 3 rings (SSSR count). The maximum Gasteiger partial charge on any atom is 0.0493 e. The average molecular weight is 275 g/mol. The van der Waals surface area contributed by atoms with Crippen molar-refractivity contribution in [3.05, 3.63) is 51.7 Å². The first-order valence-electron chi connectivity index (χ1n) is 6.24. The Labute approximate surface area is 117 Å². The first-order valence-corrected chi connectivity index (χ1v) is 8.10. The van der Waals surface area contributed by atoms with Gasteiger partial charge < -0.3 is 5.32 Å². The van der Waals surface area contributed by atoms with Crippen LogP contribution in [-0.2, 0) is 0 Å². The summed E-state index contributed by atoms with van der Waals surface area (Å²) in [5.41, 5.74) is 2.92. The van der Waals surface area contributed by atoms with Gasteiger partial charge in [0.05, 0.1) is 0 Å². The normalized spacial score (nSPS) is 19.8. The molecule has 18 heavy (non-hydrogen) atoms. The molecule has 0 radical (unpaired) electrons. The summed E-state index contributed by atoms with van der Waals surface area (Å²) in [6, 6.07) is 11.5. The second kappa shape index (κ2) is 5.08. The molecule has 1 aromatic carbocycles. The Hall–Kier alpha value is -0.770. The Balaban J connectivity index is 1.98. The van der Waals surface area contributed by atoms with Crippen molar-refractivity contribution in [1.82, 2.24) is 5.32 Å². The van der Waals surface area contributed by atoms with Gasteiger partial charge in [-0.3, -0.25) is 0 Å². The minimum absolute atomic E-state index is 0.446. The van der Waals surface area contributed by atoms with E-state index >= 15 is 0 Å². The van der Waals surface area contributed by atoms with E-state index in [-0.39, 0.29) is 0 Å². The molecule has 0 amide bonds. The second-order valence-corrected chi connectivity index (χ2v) is 6.70. The minimum atomic E-state index is 0.446. The van der Waals surface area contributed by atoms with Crippen LogP contribution in [0.3, 0.4) is 0 Å². The van der Waals surface area contributed by atoms with E-state index < -0.39 is 0 Å². The summed E-state index contributed by atoms with van der Waals surface area (Å²) < 4.78 is 0. The van der Waals surface area contributed by atoms with Gasteiger partial charge >= 0.3 is 0 Å². The second-order valence-electron chi connectivity index (χ2n) is 4.69. The molecule has 0 bridgehead atoms. The SMILES string of the molecule is CNC(c1sccc1C)C1CSc2ccccc21. The van der Waals surface area contributed by atoms with E-state index in [1.54, 1.807) is 0 Å². The van der Waals surface area contributed by atoms with Crippen LogP contribution in [0.25, 0.3) is 0 Å². The van der Waals surface area contributed by atoms with Crippen molar-refractivity contribution in [3.8, 4) is 0 Å². The number of likely N-dealkylation sites (N-methyl/N-ethyl adjacent to an activating group) is 1. The molecular formula is C15H17NS2. The molecular weight excluding hydrogens is 258 g/mol. The van der Waals surface area contributed by atoms with Crippen LogP contribution in [0.4, 0.5) is 0 Å². The number of aryl methyl sites for hydroxylation is 1. The van der Waals surface area contributed by atoms with Gasteiger partial charge in [0.25, 0.3) is 0 Å². The van der Waals surface area contributed by atoms with Crippen molar-refractivity contribution in [3.63, 3.8) is 0 Å². The molecule has 2 unspecified atom stereocenters. The maximum atomic E-state index is 3.53. The first kappa shape index (κ1) is 12.3. The molecule has 1 aliphatic rings. The van der Waals surface area contributed by atoms with Crippen molar-refractivity contribution >= 4 is 23.1 Å². The number of hydrogen-bond donors (Lipinski definition) is 1. The van der Waals surface area contributed by atoms with Gasteiger partial charge in [0.15, 0.2) is 0 Å². The number of fused-ring (bicyclic) bond motifs is 1. The third-order valence-corrected chi connectivity index (χ3v) is 5.95. The monoisotopic (exact) mass is 275 g/mol. The molecule has 0 fully saturated rings. The first-order chi connectivity index (χ1) is 8.81. The summed E-state index contributed by atoms with van der Waals surface area (Å²) in [5.74, 6) is 1.77. The fourth-order valence-electron chi connectivity index (χ4n) is 2.68. The molecule has 3 heteroatoms. The van der Waals surface area contributed by atoms with E-state index in [9.17, 15) is 0 Å². The Morgan fingerprint density at radius 3 is 2.83 bits per heavy atom.